The number of aliphatic hydroxyl groups excluding tert-OH is 1. The first-order valence-electron chi connectivity index (χ1n) is 12.1. The van der Waals surface area contributed by atoms with Gasteiger partial charge in [0, 0.05) is 29.7 Å². The van der Waals surface area contributed by atoms with Crippen LogP contribution >= 0.6 is 0 Å². The summed E-state index contributed by atoms with van der Waals surface area (Å²) in [5.74, 6) is 1.45. The van der Waals surface area contributed by atoms with E-state index in [9.17, 15) is 15.2 Å². The van der Waals surface area contributed by atoms with E-state index in [0.717, 1.165) is 16.8 Å². The van der Waals surface area contributed by atoms with Crippen LogP contribution in [0.1, 0.15) is 29.7 Å². The van der Waals surface area contributed by atoms with Crippen molar-refractivity contribution in [1.29, 1.82) is 5.26 Å². The number of carbonyl (C=O) groups is 1. The molecule has 0 saturated heterocycles. The molecule has 0 aliphatic carbocycles. The third-order valence-corrected chi connectivity index (χ3v) is 6.41. The van der Waals surface area contributed by atoms with Gasteiger partial charge in [-0.05, 0) is 73.5 Å². The van der Waals surface area contributed by atoms with E-state index < -0.39 is 0 Å². The maximum absolute atomic E-state index is 14.1. The van der Waals surface area contributed by atoms with E-state index in [1.807, 2.05) is 43.3 Å². The third kappa shape index (κ3) is 4.73. The van der Waals surface area contributed by atoms with Crippen LogP contribution < -0.4 is 19.9 Å². The molecule has 1 aliphatic rings. The van der Waals surface area contributed by atoms with Crippen molar-refractivity contribution >= 4 is 34.9 Å². The highest BCUT2D eigenvalue weighted by atomic mass is 16.5. The quantitative estimate of drug-likeness (QED) is 0.341. The molecule has 2 N–H and O–H groups in total. The number of aromatic nitrogens is 2. The van der Waals surface area contributed by atoms with Gasteiger partial charge in [0.25, 0.3) is 0 Å². The summed E-state index contributed by atoms with van der Waals surface area (Å²) in [6.07, 6.45) is 2.26. The van der Waals surface area contributed by atoms with Gasteiger partial charge in [-0.15, -0.1) is 0 Å². The summed E-state index contributed by atoms with van der Waals surface area (Å²) in [5, 5.41) is 22.0. The number of hydrogen-bond donors (Lipinski definition) is 2. The number of rotatable bonds is 7. The Kier molecular flexibility index (Phi) is 6.89. The molecule has 38 heavy (non-hydrogen) atoms. The Hall–Kier alpha value is -4.94. The molecule has 0 radical (unpaired) electrons. The number of nitrogens with one attached hydrogen (secondary N) is 1. The van der Waals surface area contributed by atoms with Gasteiger partial charge in [0.1, 0.15) is 5.75 Å². The fourth-order valence-corrected chi connectivity index (χ4v) is 4.51. The smallest absolute Gasteiger partial charge is 0.335 e. The monoisotopic (exact) mass is 506 g/mol. The van der Waals surface area contributed by atoms with Gasteiger partial charge in [-0.1, -0.05) is 18.2 Å². The molecule has 9 nitrogen and oxygen atoms in total. The Balaban J connectivity index is 1.59. The SMILES string of the molecule is COc1ccc(N2C(=O)N(c3cccc(C#N)c3)c3nc(Nc4cccc(CCO)c4)ncc3C2C)cc1. The highest BCUT2D eigenvalue weighted by molar-refractivity contribution is 6.11. The van der Waals surface area contributed by atoms with Gasteiger partial charge in [0.15, 0.2) is 5.82 Å². The number of urea groups is 1. The van der Waals surface area contributed by atoms with Crippen molar-refractivity contribution in [1.82, 2.24) is 9.97 Å². The molecular weight excluding hydrogens is 480 g/mol. The van der Waals surface area contributed by atoms with E-state index >= 15 is 0 Å². The second kappa shape index (κ2) is 10.6. The molecule has 0 spiro atoms. The zero-order chi connectivity index (χ0) is 26.6. The van der Waals surface area contributed by atoms with E-state index in [1.54, 1.807) is 54.6 Å². The lowest BCUT2D eigenvalue weighted by atomic mass is 10.0. The molecule has 4 aromatic rings. The predicted octanol–water partition coefficient (Wildman–Crippen LogP) is 5.47. The zero-order valence-corrected chi connectivity index (χ0v) is 21.0. The summed E-state index contributed by atoms with van der Waals surface area (Å²) in [5.41, 5.74) is 4.14. The normalized spacial score (nSPS) is 14.6. The standard InChI is InChI=1S/C29H26N6O3/c1-19-26-18-31-28(32-22-7-3-5-20(15-22)13-14-36)33-27(26)35(24-8-4-6-21(16-24)17-30)29(37)34(19)23-9-11-25(38-2)12-10-23/h3-12,15-16,18-19,36H,13-14H2,1-2H3,(H,31,32,33). The molecule has 1 unspecified atom stereocenters. The number of fused-ring (bicyclic) bond motifs is 1. The largest absolute Gasteiger partial charge is 0.497 e. The lowest BCUT2D eigenvalue weighted by Crippen LogP contribution is -2.47. The molecule has 2 heterocycles. The first-order valence-corrected chi connectivity index (χ1v) is 12.1. The fraction of sp³-hybridized carbons (Fsp3) is 0.172. The van der Waals surface area contributed by atoms with Gasteiger partial charge in [0.2, 0.25) is 5.95 Å². The molecule has 9 heteroatoms. The highest BCUT2D eigenvalue weighted by Crippen LogP contribution is 2.42. The Morgan fingerprint density at radius 3 is 2.61 bits per heavy atom. The van der Waals surface area contributed by atoms with E-state index in [-0.39, 0.29) is 18.7 Å². The van der Waals surface area contributed by atoms with Crippen LogP contribution in [0.25, 0.3) is 0 Å². The van der Waals surface area contributed by atoms with Crippen molar-refractivity contribution in [2.45, 2.75) is 19.4 Å². The first kappa shape index (κ1) is 24.7. The molecule has 0 bridgehead atoms. The van der Waals surface area contributed by atoms with Crippen molar-refractivity contribution in [3.63, 3.8) is 0 Å². The maximum Gasteiger partial charge on any atom is 0.335 e. The summed E-state index contributed by atoms with van der Waals surface area (Å²) < 4.78 is 5.28. The van der Waals surface area contributed by atoms with Gasteiger partial charge in [-0.3, -0.25) is 4.90 Å². The average molecular weight is 507 g/mol. The lowest BCUT2D eigenvalue weighted by molar-refractivity contribution is 0.250. The molecule has 0 fully saturated rings. The first-order chi connectivity index (χ1) is 18.5. The van der Waals surface area contributed by atoms with E-state index in [0.29, 0.717) is 40.9 Å². The molecule has 0 saturated carbocycles. The number of nitrogens with zero attached hydrogens (tertiary/aromatic N) is 5. The van der Waals surface area contributed by atoms with Crippen LogP contribution in [0.4, 0.5) is 33.6 Å². The Morgan fingerprint density at radius 1 is 1.08 bits per heavy atom. The van der Waals surface area contributed by atoms with Gasteiger partial charge < -0.3 is 15.2 Å². The highest BCUT2D eigenvalue weighted by Gasteiger charge is 2.39. The predicted molar refractivity (Wildman–Crippen MR) is 145 cm³/mol. The van der Waals surface area contributed by atoms with Crippen LogP contribution in [0.2, 0.25) is 0 Å². The van der Waals surface area contributed by atoms with Crippen LogP contribution in [0.3, 0.4) is 0 Å². The van der Waals surface area contributed by atoms with E-state index in [1.165, 1.54) is 4.90 Å². The van der Waals surface area contributed by atoms with Crippen molar-refractivity contribution in [3.8, 4) is 11.8 Å². The number of aliphatic hydroxyl groups is 1. The van der Waals surface area contributed by atoms with Crippen LogP contribution in [-0.2, 0) is 6.42 Å². The number of ether oxygens (including phenoxy) is 1. The summed E-state index contributed by atoms with van der Waals surface area (Å²) in [6.45, 7) is 1.99. The van der Waals surface area contributed by atoms with Crippen molar-refractivity contribution in [2.75, 3.05) is 28.8 Å². The maximum atomic E-state index is 14.1. The van der Waals surface area contributed by atoms with Crippen molar-refractivity contribution in [2.24, 2.45) is 0 Å². The molecule has 2 amide bonds. The van der Waals surface area contributed by atoms with Gasteiger partial charge in [-0.25, -0.2) is 14.7 Å². The average Bonchev–Trinajstić information content (AvgIpc) is 2.94. The third-order valence-electron chi connectivity index (χ3n) is 6.41. The number of nitriles is 1. The molecule has 1 aromatic heterocycles. The molecule has 3 aromatic carbocycles. The zero-order valence-electron chi connectivity index (χ0n) is 21.0. The number of carbonyl (C=O) groups excluding carboxylic acids is 1. The van der Waals surface area contributed by atoms with Gasteiger partial charge >= 0.3 is 6.03 Å². The molecular formula is C29H26N6O3. The van der Waals surface area contributed by atoms with Crippen LogP contribution in [0, 0.1) is 11.3 Å². The minimum Gasteiger partial charge on any atom is -0.497 e. The summed E-state index contributed by atoms with van der Waals surface area (Å²) in [6, 6.07) is 23.3. The van der Waals surface area contributed by atoms with Crippen molar-refractivity contribution < 1.29 is 14.6 Å². The van der Waals surface area contributed by atoms with Crippen LogP contribution in [0.15, 0.2) is 79.0 Å². The Labute approximate surface area is 220 Å². The van der Waals surface area contributed by atoms with Gasteiger partial charge in [0.05, 0.1) is 30.5 Å². The second-order valence-electron chi connectivity index (χ2n) is 8.80. The number of hydrogen-bond acceptors (Lipinski definition) is 7. The molecule has 1 aliphatic heterocycles. The summed E-state index contributed by atoms with van der Waals surface area (Å²) in [7, 11) is 1.59. The Bertz CT molecular complexity index is 1520. The summed E-state index contributed by atoms with van der Waals surface area (Å²) in [4.78, 5) is 26.6. The number of amides is 2. The summed E-state index contributed by atoms with van der Waals surface area (Å²) >= 11 is 0. The number of methoxy groups -OCH3 is 1. The van der Waals surface area contributed by atoms with E-state index in [2.05, 4.69) is 16.4 Å². The van der Waals surface area contributed by atoms with Crippen molar-refractivity contribution in [3.05, 3.63) is 95.7 Å². The van der Waals surface area contributed by atoms with Gasteiger partial charge in [-0.2, -0.15) is 10.2 Å². The fourth-order valence-electron chi connectivity index (χ4n) is 4.51. The van der Waals surface area contributed by atoms with Crippen LogP contribution in [-0.4, -0.2) is 34.8 Å². The molecule has 190 valence electrons. The molecule has 1 atom stereocenters. The molecule has 5 rings (SSSR count). The van der Waals surface area contributed by atoms with E-state index in [4.69, 9.17) is 9.72 Å². The minimum absolute atomic E-state index is 0.0558. The Morgan fingerprint density at radius 2 is 1.87 bits per heavy atom. The lowest BCUT2D eigenvalue weighted by Gasteiger charge is -2.40. The second-order valence-corrected chi connectivity index (χ2v) is 8.80. The number of anilines is 5. The number of benzene rings is 3. The minimum atomic E-state index is -0.358. The topological polar surface area (TPSA) is 115 Å². The van der Waals surface area contributed by atoms with Crippen LogP contribution in [0.5, 0.6) is 5.75 Å².